The number of hydrogen-bond acceptors (Lipinski definition) is 5. The van der Waals surface area contributed by atoms with Gasteiger partial charge >= 0.3 is 0 Å². The molecular weight excluding hydrogens is 314 g/mol. The van der Waals surface area contributed by atoms with Gasteiger partial charge in [-0.15, -0.1) is 5.10 Å². The Morgan fingerprint density at radius 1 is 1.58 bits per heavy atom. The molecule has 0 saturated heterocycles. The van der Waals surface area contributed by atoms with Crippen LogP contribution >= 0.6 is 15.9 Å². The lowest BCUT2D eigenvalue weighted by Crippen LogP contribution is -2.15. The zero-order valence-electron chi connectivity index (χ0n) is 10.1. The van der Waals surface area contributed by atoms with Crippen molar-refractivity contribution in [1.82, 2.24) is 14.8 Å². The van der Waals surface area contributed by atoms with Crippen LogP contribution in [0.4, 0.5) is 0 Å². The Hall–Kier alpha value is -2.09. The van der Waals surface area contributed by atoms with Gasteiger partial charge in [-0.25, -0.2) is 9.67 Å². The van der Waals surface area contributed by atoms with Gasteiger partial charge in [0.2, 0.25) is 11.7 Å². The van der Waals surface area contributed by atoms with Crippen LogP contribution in [0.5, 0.6) is 5.75 Å². The van der Waals surface area contributed by atoms with Crippen LogP contribution in [0, 0.1) is 0 Å². The van der Waals surface area contributed by atoms with Gasteiger partial charge in [-0.1, -0.05) is 21.1 Å². The lowest BCUT2D eigenvalue weighted by Gasteiger charge is -2.08. The summed E-state index contributed by atoms with van der Waals surface area (Å²) in [7, 11) is 1.61. The van der Waals surface area contributed by atoms with E-state index in [1.807, 2.05) is 18.2 Å². The highest BCUT2D eigenvalue weighted by Crippen LogP contribution is 2.23. The zero-order chi connectivity index (χ0) is 13.8. The maximum Gasteiger partial charge on any atom is 0.219 e. The van der Waals surface area contributed by atoms with Crippen molar-refractivity contribution in [3.05, 3.63) is 40.4 Å². The fourth-order valence-corrected chi connectivity index (χ4v) is 1.99. The van der Waals surface area contributed by atoms with E-state index >= 15 is 0 Å². The van der Waals surface area contributed by atoms with Crippen molar-refractivity contribution in [2.45, 2.75) is 6.54 Å². The number of methoxy groups -OCH3 is 1. The van der Waals surface area contributed by atoms with Gasteiger partial charge in [0.25, 0.3) is 0 Å². The summed E-state index contributed by atoms with van der Waals surface area (Å²) >= 11 is 3.41. The SMILES string of the molecule is COc1ccc(Br)cc1Cn1cnc(C(N)=NO)n1. The van der Waals surface area contributed by atoms with Crippen LogP contribution < -0.4 is 10.5 Å². The number of rotatable bonds is 4. The molecule has 1 heterocycles. The lowest BCUT2D eigenvalue weighted by molar-refractivity contribution is 0.318. The van der Waals surface area contributed by atoms with Gasteiger partial charge in [-0.05, 0) is 18.2 Å². The summed E-state index contributed by atoms with van der Waals surface area (Å²) in [5.74, 6) is 0.806. The van der Waals surface area contributed by atoms with Crippen molar-refractivity contribution in [2.75, 3.05) is 7.11 Å². The molecule has 0 radical (unpaired) electrons. The Bertz CT molecular complexity index is 611. The van der Waals surface area contributed by atoms with E-state index < -0.39 is 0 Å². The summed E-state index contributed by atoms with van der Waals surface area (Å²) in [6, 6.07) is 5.69. The Kier molecular flexibility index (Phi) is 4.00. The van der Waals surface area contributed by atoms with E-state index in [0.29, 0.717) is 6.54 Å². The number of nitrogens with zero attached hydrogens (tertiary/aromatic N) is 4. The summed E-state index contributed by atoms with van der Waals surface area (Å²) in [5.41, 5.74) is 6.35. The molecule has 0 saturated carbocycles. The molecule has 100 valence electrons. The first-order valence-electron chi connectivity index (χ1n) is 5.34. The molecular formula is C11H12BrN5O2. The number of nitrogens with two attached hydrogens (primary N) is 1. The van der Waals surface area contributed by atoms with Crippen molar-refractivity contribution < 1.29 is 9.94 Å². The van der Waals surface area contributed by atoms with Crippen LogP contribution in [0.3, 0.4) is 0 Å². The summed E-state index contributed by atoms with van der Waals surface area (Å²) in [6.07, 6.45) is 1.51. The minimum atomic E-state index is -0.125. The van der Waals surface area contributed by atoms with Crippen LogP contribution in [0.25, 0.3) is 0 Å². The number of amidine groups is 1. The molecule has 0 spiro atoms. The summed E-state index contributed by atoms with van der Waals surface area (Å²) in [6.45, 7) is 0.467. The third-order valence-corrected chi connectivity index (χ3v) is 2.94. The smallest absolute Gasteiger partial charge is 0.219 e. The monoisotopic (exact) mass is 325 g/mol. The molecule has 8 heteroatoms. The van der Waals surface area contributed by atoms with Crippen molar-refractivity contribution in [1.29, 1.82) is 0 Å². The molecule has 0 fully saturated rings. The molecule has 0 aliphatic heterocycles. The fraction of sp³-hybridized carbons (Fsp3) is 0.182. The van der Waals surface area contributed by atoms with Gasteiger partial charge in [0.05, 0.1) is 13.7 Å². The molecule has 2 rings (SSSR count). The van der Waals surface area contributed by atoms with Crippen molar-refractivity contribution >= 4 is 21.8 Å². The third-order valence-electron chi connectivity index (χ3n) is 2.45. The van der Waals surface area contributed by atoms with Gasteiger partial charge in [-0.3, -0.25) is 0 Å². The topological polar surface area (TPSA) is 98.6 Å². The quantitative estimate of drug-likeness (QED) is 0.381. The summed E-state index contributed by atoms with van der Waals surface area (Å²) in [5, 5.41) is 15.5. The highest BCUT2D eigenvalue weighted by molar-refractivity contribution is 9.10. The Labute approximate surface area is 117 Å². The van der Waals surface area contributed by atoms with Crippen LogP contribution in [0.1, 0.15) is 11.4 Å². The second kappa shape index (κ2) is 5.70. The molecule has 0 aliphatic carbocycles. The Morgan fingerprint density at radius 2 is 2.37 bits per heavy atom. The minimum absolute atomic E-state index is 0.125. The van der Waals surface area contributed by atoms with Crippen molar-refractivity contribution in [2.24, 2.45) is 10.9 Å². The molecule has 0 atom stereocenters. The van der Waals surface area contributed by atoms with Gasteiger partial charge in [0.1, 0.15) is 12.1 Å². The first-order chi connectivity index (χ1) is 9.13. The molecule has 0 amide bonds. The number of halogens is 1. The normalized spacial score (nSPS) is 11.6. The second-order valence-corrected chi connectivity index (χ2v) is 4.62. The standard InChI is InChI=1S/C11H12BrN5O2/c1-19-9-3-2-8(12)4-7(9)5-17-6-14-11(15-17)10(13)16-18/h2-4,6,18H,5H2,1H3,(H2,13,16). The van der Waals surface area contributed by atoms with Crippen molar-refractivity contribution in [3.8, 4) is 5.75 Å². The van der Waals surface area contributed by atoms with E-state index in [2.05, 4.69) is 31.2 Å². The molecule has 7 nitrogen and oxygen atoms in total. The number of benzene rings is 1. The van der Waals surface area contributed by atoms with Crippen LogP contribution in [-0.4, -0.2) is 32.9 Å². The fourth-order valence-electron chi connectivity index (χ4n) is 1.58. The molecule has 3 N–H and O–H groups in total. The summed E-state index contributed by atoms with van der Waals surface area (Å²) in [4.78, 5) is 3.94. The average Bonchev–Trinajstić information content (AvgIpc) is 2.86. The van der Waals surface area contributed by atoms with Gasteiger partial charge in [0, 0.05) is 10.0 Å². The van der Waals surface area contributed by atoms with E-state index in [1.165, 1.54) is 6.33 Å². The molecule has 0 aliphatic rings. The number of ether oxygens (including phenoxy) is 1. The van der Waals surface area contributed by atoms with Gasteiger partial charge in [-0.2, -0.15) is 0 Å². The maximum atomic E-state index is 8.55. The Morgan fingerprint density at radius 3 is 3.05 bits per heavy atom. The van der Waals surface area contributed by atoms with Crippen molar-refractivity contribution in [3.63, 3.8) is 0 Å². The number of aromatic nitrogens is 3. The average molecular weight is 326 g/mol. The van der Waals surface area contributed by atoms with Gasteiger partial charge < -0.3 is 15.7 Å². The highest BCUT2D eigenvalue weighted by Gasteiger charge is 2.09. The lowest BCUT2D eigenvalue weighted by atomic mass is 10.2. The van der Waals surface area contributed by atoms with E-state index in [1.54, 1.807) is 11.8 Å². The number of oxime groups is 1. The van der Waals surface area contributed by atoms with E-state index in [0.717, 1.165) is 15.8 Å². The molecule has 1 aromatic heterocycles. The summed E-state index contributed by atoms with van der Waals surface area (Å²) < 4.78 is 7.80. The molecule has 2 aromatic rings. The molecule has 0 unspecified atom stereocenters. The minimum Gasteiger partial charge on any atom is -0.496 e. The van der Waals surface area contributed by atoms with Crippen LogP contribution in [-0.2, 0) is 6.54 Å². The zero-order valence-corrected chi connectivity index (χ0v) is 11.7. The number of hydrogen-bond donors (Lipinski definition) is 2. The van der Waals surface area contributed by atoms with Crippen LogP contribution in [0.15, 0.2) is 34.2 Å². The predicted octanol–water partition coefficient (Wildman–Crippen LogP) is 1.19. The van der Waals surface area contributed by atoms with E-state index in [-0.39, 0.29) is 11.7 Å². The second-order valence-electron chi connectivity index (χ2n) is 3.71. The largest absolute Gasteiger partial charge is 0.496 e. The highest BCUT2D eigenvalue weighted by atomic mass is 79.9. The first-order valence-corrected chi connectivity index (χ1v) is 6.13. The predicted molar refractivity (Wildman–Crippen MR) is 72.3 cm³/mol. The first kappa shape index (κ1) is 13.3. The Balaban J connectivity index is 2.26. The van der Waals surface area contributed by atoms with Crippen LogP contribution in [0.2, 0.25) is 0 Å². The maximum absolute atomic E-state index is 8.55. The van der Waals surface area contributed by atoms with E-state index in [9.17, 15) is 0 Å². The molecule has 1 aromatic carbocycles. The van der Waals surface area contributed by atoms with E-state index in [4.69, 9.17) is 15.7 Å². The molecule has 19 heavy (non-hydrogen) atoms. The third kappa shape index (κ3) is 3.02. The molecule has 0 bridgehead atoms. The van der Waals surface area contributed by atoms with Gasteiger partial charge in [0.15, 0.2) is 0 Å².